The molecule has 58 heavy (non-hydrogen) atoms. The van der Waals surface area contributed by atoms with Gasteiger partial charge in [-0.25, -0.2) is 0 Å². The Morgan fingerprint density at radius 3 is 0.914 bits per heavy atom. The van der Waals surface area contributed by atoms with Gasteiger partial charge in [0.1, 0.15) is 12.4 Å². The summed E-state index contributed by atoms with van der Waals surface area (Å²) in [7, 11) is 0. The number of rotatable bonds is 48. The smallest absolute Gasteiger partial charge is 0.119 e. The Morgan fingerprint density at radius 2 is 0.638 bits per heavy atom. The zero-order valence-electron chi connectivity index (χ0n) is 36.3. The molecule has 0 radical (unpaired) electrons. The van der Waals surface area contributed by atoms with Crippen LogP contribution in [0.25, 0.3) is 0 Å². The van der Waals surface area contributed by atoms with Crippen molar-refractivity contribution >= 4 is 0 Å². The Bertz CT molecular complexity index is 941. The minimum absolute atomic E-state index is 0.0231. The number of hydrogen-bond donors (Lipinski definition) is 1. The van der Waals surface area contributed by atoms with E-state index >= 15 is 0 Å². The van der Waals surface area contributed by atoms with Crippen LogP contribution < -0.4 is 4.74 Å². The average Bonchev–Trinajstić information content (AvgIpc) is 3.23. The lowest BCUT2D eigenvalue weighted by Gasteiger charge is -2.25. The molecule has 0 atom stereocenters. The maximum absolute atomic E-state index is 8.60. The third kappa shape index (κ3) is 37.5. The predicted molar refractivity (Wildman–Crippen MR) is 221 cm³/mol. The first-order valence-corrected chi connectivity index (χ1v) is 21.4. The molecule has 0 aliphatic rings. The van der Waals surface area contributed by atoms with Gasteiger partial charge >= 0.3 is 0 Å². The summed E-state index contributed by atoms with van der Waals surface area (Å²) in [6.45, 7) is 20.3. The predicted octanol–water partition coefficient (Wildman–Crippen LogP) is 4.52. The van der Waals surface area contributed by atoms with Crippen LogP contribution in [0.3, 0.4) is 0 Å². The van der Waals surface area contributed by atoms with Crippen molar-refractivity contribution in [2.75, 3.05) is 185 Å². The minimum atomic E-state index is 0.0231. The molecule has 0 heterocycles. The highest BCUT2D eigenvalue weighted by Gasteiger charge is 2.19. The van der Waals surface area contributed by atoms with Crippen LogP contribution in [0.1, 0.15) is 58.4 Å². The second kappa shape index (κ2) is 43.5. The van der Waals surface area contributed by atoms with E-state index in [2.05, 4.69) is 45.0 Å². The molecule has 0 bridgehead atoms. The maximum Gasteiger partial charge on any atom is 0.119 e. The number of benzene rings is 1. The van der Waals surface area contributed by atoms with Crippen molar-refractivity contribution in [1.29, 1.82) is 0 Å². The van der Waals surface area contributed by atoms with Gasteiger partial charge in [0.05, 0.1) is 178 Å². The molecule has 0 aliphatic heterocycles. The molecule has 15 heteroatoms. The van der Waals surface area contributed by atoms with Crippen molar-refractivity contribution < 1.29 is 71.4 Å². The van der Waals surface area contributed by atoms with Crippen LogP contribution in [-0.2, 0) is 67.0 Å². The number of unbranched alkanes of at least 4 members (excludes halogenated alkanes) is 3. The van der Waals surface area contributed by atoms with Crippen LogP contribution in [0.4, 0.5) is 0 Å². The van der Waals surface area contributed by atoms with Gasteiger partial charge in [0, 0.05) is 0 Å². The van der Waals surface area contributed by atoms with E-state index in [9.17, 15) is 0 Å². The normalized spacial score (nSPS) is 11.9. The summed E-state index contributed by atoms with van der Waals surface area (Å²) in [5.74, 6) is 0.872. The summed E-state index contributed by atoms with van der Waals surface area (Å²) in [4.78, 5) is 0. The van der Waals surface area contributed by atoms with Crippen LogP contribution in [0.5, 0.6) is 5.75 Å². The van der Waals surface area contributed by atoms with Crippen molar-refractivity contribution in [3.05, 3.63) is 29.8 Å². The highest BCUT2D eigenvalue weighted by atomic mass is 16.6. The fourth-order valence-corrected chi connectivity index (χ4v) is 5.16. The van der Waals surface area contributed by atoms with Crippen molar-refractivity contribution in [2.45, 2.75) is 58.3 Å². The highest BCUT2D eigenvalue weighted by molar-refractivity contribution is 5.31. The van der Waals surface area contributed by atoms with E-state index in [-0.39, 0.29) is 12.0 Å². The Kier molecular flexibility index (Phi) is 40.9. The molecule has 0 aromatic heterocycles. The second-order valence-corrected chi connectivity index (χ2v) is 13.8. The summed E-state index contributed by atoms with van der Waals surface area (Å²) in [5, 5.41) is 8.60. The fraction of sp³-hybridized carbons (Fsp3) is 0.860. The van der Waals surface area contributed by atoms with Gasteiger partial charge in [0.25, 0.3) is 0 Å². The molecule has 1 aromatic carbocycles. The first kappa shape index (κ1) is 54.5. The molecule has 0 saturated heterocycles. The van der Waals surface area contributed by atoms with Crippen LogP contribution in [-0.4, -0.2) is 190 Å². The molecule has 0 aliphatic carbocycles. The lowest BCUT2D eigenvalue weighted by Crippen LogP contribution is -2.17. The molecule has 15 nitrogen and oxygen atoms in total. The lowest BCUT2D eigenvalue weighted by atomic mass is 9.80. The van der Waals surface area contributed by atoms with Gasteiger partial charge in [-0.05, 0) is 29.5 Å². The van der Waals surface area contributed by atoms with Gasteiger partial charge in [0.2, 0.25) is 0 Å². The van der Waals surface area contributed by atoms with E-state index in [1.165, 1.54) is 37.7 Å². The third-order valence-corrected chi connectivity index (χ3v) is 8.49. The number of hydrogen-bond acceptors (Lipinski definition) is 15. The quantitative estimate of drug-likeness (QED) is 0.0917. The van der Waals surface area contributed by atoms with Crippen LogP contribution in [0, 0.1) is 0 Å². The van der Waals surface area contributed by atoms with E-state index in [4.69, 9.17) is 71.4 Å². The molecule has 1 N–H and O–H groups in total. The third-order valence-electron chi connectivity index (χ3n) is 8.49. The van der Waals surface area contributed by atoms with Crippen LogP contribution >= 0.6 is 0 Å². The SMILES string of the molecule is CCCCCCC(C)(C)c1ccc(OCCOCCOCCOCCOCCOCCOCCOCCOCCOCCOCCOCCOCCOCCO)cc1. The van der Waals surface area contributed by atoms with Gasteiger partial charge in [-0.2, -0.15) is 0 Å². The van der Waals surface area contributed by atoms with E-state index in [0.29, 0.717) is 178 Å². The van der Waals surface area contributed by atoms with Gasteiger partial charge < -0.3 is 71.4 Å². The summed E-state index contributed by atoms with van der Waals surface area (Å²) >= 11 is 0. The zero-order valence-corrected chi connectivity index (χ0v) is 36.3. The van der Waals surface area contributed by atoms with Gasteiger partial charge in [-0.15, -0.1) is 0 Å². The van der Waals surface area contributed by atoms with E-state index in [0.717, 1.165) is 5.75 Å². The molecular formula is C43H80O15. The van der Waals surface area contributed by atoms with E-state index in [1.54, 1.807) is 0 Å². The lowest BCUT2D eigenvalue weighted by molar-refractivity contribution is -0.0293. The van der Waals surface area contributed by atoms with Crippen molar-refractivity contribution in [1.82, 2.24) is 0 Å². The van der Waals surface area contributed by atoms with Crippen LogP contribution in [0.15, 0.2) is 24.3 Å². The maximum atomic E-state index is 8.60. The molecule has 1 aromatic rings. The Labute approximate surface area is 349 Å². The Balaban J connectivity index is 1.69. The van der Waals surface area contributed by atoms with Gasteiger partial charge in [-0.3, -0.25) is 0 Å². The summed E-state index contributed by atoms with van der Waals surface area (Å²) in [5.41, 5.74) is 1.54. The second-order valence-electron chi connectivity index (χ2n) is 13.8. The van der Waals surface area contributed by atoms with Crippen LogP contribution in [0.2, 0.25) is 0 Å². The molecule has 0 fully saturated rings. The summed E-state index contributed by atoms with van der Waals surface area (Å²) in [6.07, 6.45) is 6.38. The van der Waals surface area contributed by atoms with Gasteiger partial charge in [0.15, 0.2) is 0 Å². The Morgan fingerprint density at radius 1 is 0.362 bits per heavy atom. The molecule has 0 unspecified atom stereocenters. The molecule has 0 amide bonds. The summed E-state index contributed by atoms with van der Waals surface area (Å²) < 4.78 is 76.9. The summed E-state index contributed by atoms with van der Waals surface area (Å²) in [6, 6.07) is 8.49. The van der Waals surface area contributed by atoms with Crippen molar-refractivity contribution in [3.63, 3.8) is 0 Å². The average molecular weight is 837 g/mol. The molecule has 1 rings (SSSR count). The van der Waals surface area contributed by atoms with Crippen molar-refractivity contribution in [2.24, 2.45) is 0 Å². The topological polar surface area (TPSA) is 149 Å². The standard InChI is InChI=1S/C43H80O15/c1-4-5-6-7-12-43(2,3)41-8-10-42(11-9-41)58-40-39-57-38-37-56-36-35-55-34-33-54-32-31-53-30-29-52-28-27-51-26-25-50-24-23-49-22-21-48-20-19-47-18-17-46-16-15-45-14-13-44/h8-11,44H,4-7,12-40H2,1-3H3. The molecule has 0 saturated carbocycles. The highest BCUT2D eigenvalue weighted by Crippen LogP contribution is 2.30. The monoisotopic (exact) mass is 837 g/mol. The van der Waals surface area contributed by atoms with E-state index < -0.39 is 0 Å². The number of aliphatic hydroxyl groups is 1. The fourth-order valence-electron chi connectivity index (χ4n) is 5.16. The minimum Gasteiger partial charge on any atom is -0.491 e. The zero-order chi connectivity index (χ0) is 41.7. The van der Waals surface area contributed by atoms with Gasteiger partial charge in [-0.1, -0.05) is 58.6 Å². The molecule has 0 spiro atoms. The molecule has 342 valence electrons. The largest absolute Gasteiger partial charge is 0.491 e. The first-order valence-electron chi connectivity index (χ1n) is 21.4. The first-order chi connectivity index (χ1) is 28.6. The number of aliphatic hydroxyl groups excluding tert-OH is 1. The molecular weight excluding hydrogens is 756 g/mol. The van der Waals surface area contributed by atoms with Crippen molar-refractivity contribution in [3.8, 4) is 5.75 Å². The van der Waals surface area contributed by atoms with E-state index in [1.807, 2.05) is 0 Å². The number of ether oxygens (including phenoxy) is 14. The Hall–Kier alpha value is -1.54.